The van der Waals surface area contributed by atoms with Crippen LogP contribution in [0.4, 0.5) is 0 Å². The quantitative estimate of drug-likeness (QED) is 0.871. The normalized spacial score (nSPS) is 11.8. The molecule has 0 bridgehead atoms. The van der Waals surface area contributed by atoms with Crippen molar-refractivity contribution in [3.05, 3.63) is 26.7 Å². The molecule has 0 saturated carbocycles. The second-order valence-corrected chi connectivity index (χ2v) is 6.41. The molecular formula is C15H24BrNO2. The van der Waals surface area contributed by atoms with Crippen LogP contribution in [0.3, 0.4) is 0 Å². The molecule has 0 radical (unpaired) electrons. The van der Waals surface area contributed by atoms with E-state index in [1.807, 2.05) is 0 Å². The summed E-state index contributed by atoms with van der Waals surface area (Å²) in [5, 5.41) is 13.0. The van der Waals surface area contributed by atoms with Crippen LogP contribution in [0.5, 0.6) is 5.75 Å². The first-order valence-corrected chi connectivity index (χ1v) is 7.23. The zero-order valence-electron chi connectivity index (χ0n) is 12.6. The van der Waals surface area contributed by atoms with Crippen molar-refractivity contribution in [1.29, 1.82) is 0 Å². The number of hydrogen-bond donors (Lipinski definition) is 2. The van der Waals surface area contributed by atoms with Crippen LogP contribution in [-0.4, -0.2) is 24.4 Å². The Bertz CT molecular complexity index is 464. The first kappa shape index (κ1) is 16.5. The van der Waals surface area contributed by atoms with E-state index in [4.69, 9.17) is 4.74 Å². The van der Waals surface area contributed by atoms with Gasteiger partial charge in [-0.15, -0.1) is 0 Å². The smallest absolute Gasteiger partial charge is 0.126 e. The molecule has 3 nitrogen and oxygen atoms in total. The second kappa shape index (κ2) is 6.25. The molecule has 0 aliphatic heterocycles. The van der Waals surface area contributed by atoms with Gasteiger partial charge >= 0.3 is 0 Å². The van der Waals surface area contributed by atoms with Crippen molar-refractivity contribution in [2.75, 3.05) is 13.7 Å². The average molecular weight is 330 g/mol. The van der Waals surface area contributed by atoms with E-state index < -0.39 is 5.60 Å². The fourth-order valence-corrected chi connectivity index (χ4v) is 2.66. The Labute approximate surface area is 124 Å². The van der Waals surface area contributed by atoms with Gasteiger partial charge in [-0.25, -0.2) is 0 Å². The Morgan fingerprint density at radius 3 is 2.21 bits per heavy atom. The van der Waals surface area contributed by atoms with Crippen molar-refractivity contribution < 1.29 is 9.84 Å². The zero-order valence-corrected chi connectivity index (χ0v) is 14.2. The molecule has 0 amide bonds. The summed E-state index contributed by atoms with van der Waals surface area (Å²) in [5.74, 6) is 0.932. The average Bonchev–Trinajstić information content (AvgIpc) is 2.32. The maximum Gasteiger partial charge on any atom is 0.126 e. The topological polar surface area (TPSA) is 41.5 Å². The van der Waals surface area contributed by atoms with E-state index in [9.17, 15) is 5.11 Å². The molecule has 0 unspecified atom stereocenters. The molecule has 4 heteroatoms. The molecule has 0 fully saturated rings. The first-order valence-electron chi connectivity index (χ1n) is 6.44. The van der Waals surface area contributed by atoms with Gasteiger partial charge in [0.2, 0.25) is 0 Å². The Morgan fingerprint density at radius 2 is 1.74 bits per heavy atom. The Morgan fingerprint density at radius 1 is 1.16 bits per heavy atom. The van der Waals surface area contributed by atoms with Gasteiger partial charge in [-0.3, -0.25) is 0 Å². The first-order chi connectivity index (χ1) is 8.69. The van der Waals surface area contributed by atoms with E-state index in [-0.39, 0.29) is 0 Å². The summed E-state index contributed by atoms with van der Waals surface area (Å²) in [6, 6.07) is 0. The molecule has 1 rings (SSSR count). The van der Waals surface area contributed by atoms with Crippen LogP contribution < -0.4 is 10.1 Å². The summed E-state index contributed by atoms with van der Waals surface area (Å²) >= 11 is 3.64. The van der Waals surface area contributed by atoms with E-state index >= 15 is 0 Å². The van der Waals surface area contributed by atoms with E-state index in [0.717, 1.165) is 21.3 Å². The predicted octanol–water partition coefficient (Wildman–Crippen LogP) is 3.24. The molecule has 108 valence electrons. The fraction of sp³-hybridized carbons (Fsp3) is 0.600. The summed E-state index contributed by atoms with van der Waals surface area (Å²) in [5.41, 5.74) is 3.98. The van der Waals surface area contributed by atoms with E-state index in [1.54, 1.807) is 21.0 Å². The highest BCUT2D eigenvalue weighted by Crippen LogP contribution is 2.35. The van der Waals surface area contributed by atoms with Crippen molar-refractivity contribution in [3.8, 4) is 5.75 Å². The predicted molar refractivity (Wildman–Crippen MR) is 82.9 cm³/mol. The molecule has 0 aliphatic carbocycles. The largest absolute Gasteiger partial charge is 0.496 e. The molecule has 0 atom stereocenters. The van der Waals surface area contributed by atoms with Crippen LogP contribution in [0.1, 0.15) is 36.1 Å². The van der Waals surface area contributed by atoms with Gasteiger partial charge in [-0.1, -0.05) is 15.9 Å². The number of ether oxygens (including phenoxy) is 1. The Balaban J connectivity index is 3.06. The minimum atomic E-state index is -0.710. The molecule has 0 aliphatic rings. The van der Waals surface area contributed by atoms with Crippen LogP contribution in [0, 0.1) is 20.8 Å². The minimum absolute atomic E-state index is 0.542. The molecule has 0 spiro atoms. The van der Waals surface area contributed by atoms with Crippen molar-refractivity contribution in [2.45, 2.75) is 46.8 Å². The van der Waals surface area contributed by atoms with Crippen molar-refractivity contribution in [3.63, 3.8) is 0 Å². The van der Waals surface area contributed by atoms with Crippen LogP contribution in [-0.2, 0) is 6.54 Å². The maximum absolute atomic E-state index is 9.74. The molecular weight excluding hydrogens is 306 g/mol. The van der Waals surface area contributed by atoms with Crippen LogP contribution in [0.15, 0.2) is 4.47 Å². The lowest BCUT2D eigenvalue weighted by Gasteiger charge is -2.22. The number of halogens is 1. The van der Waals surface area contributed by atoms with Gasteiger partial charge in [-0.05, 0) is 51.3 Å². The SMILES string of the molecule is COc1c(C)c(C)c(Br)c(C)c1CNCC(C)(C)O. The summed E-state index contributed by atoms with van der Waals surface area (Å²) in [4.78, 5) is 0. The molecule has 1 aromatic carbocycles. The van der Waals surface area contributed by atoms with Crippen LogP contribution in [0.25, 0.3) is 0 Å². The van der Waals surface area contributed by atoms with Gasteiger partial charge in [0.25, 0.3) is 0 Å². The summed E-state index contributed by atoms with van der Waals surface area (Å²) in [6.45, 7) is 11.0. The maximum atomic E-state index is 9.74. The van der Waals surface area contributed by atoms with Crippen molar-refractivity contribution >= 4 is 15.9 Å². The second-order valence-electron chi connectivity index (χ2n) is 5.62. The lowest BCUT2D eigenvalue weighted by Crippen LogP contribution is -2.34. The summed E-state index contributed by atoms with van der Waals surface area (Å²) in [7, 11) is 1.70. The highest BCUT2D eigenvalue weighted by Gasteiger charge is 2.17. The highest BCUT2D eigenvalue weighted by molar-refractivity contribution is 9.10. The molecule has 0 heterocycles. The number of rotatable bonds is 5. The number of methoxy groups -OCH3 is 1. The third kappa shape index (κ3) is 3.94. The van der Waals surface area contributed by atoms with Crippen LogP contribution in [0.2, 0.25) is 0 Å². The van der Waals surface area contributed by atoms with Crippen LogP contribution >= 0.6 is 15.9 Å². The summed E-state index contributed by atoms with van der Waals surface area (Å²) < 4.78 is 6.68. The standard InChI is InChI=1S/C15H24BrNO2/c1-9-10(2)14(19-6)12(11(3)13(9)16)7-17-8-15(4,5)18/h17-18H,7-8H2,1-6H3. The lowest BCUT2D eigenvalue weighted by molar-refractivity contribution is 0.0794. The van der Waals surface area contributed by atoms with E-state index in [2.05, 4.69) is 42.0 Å². The number of aliphatic hydroxyl groups is 1. The van der Waals surface area contributed by atoms with Gasteiger partial charge in [0.1, 0.15) is 5.75 Å². The summed E-state index contributed by atoms with van der Waals surface area (Å²) in [6.07, 6.45) is 0. The number of benzene rings is 1. The minimum Gasteiger partial charge on any atom is -0.496 e. The van der Waals surface area contributed by atoms with Crippen molar-refractivity contribution in [2.24, 2.45) is 0 Å². The molecule has 0 saturated heterocycles. The van der Waals surface area contributed by atoms with E-state index in [0.29, 0.717) is 13.1 Å². The van der Waals surface area contributed by atoms with Gasteiger partial charge in [0.05, 0.1) is 12.7 Å². The molecule has 19 heavy (non-hydrogen) atoms. The monoisotopic (exact) mass is 329 g/mol. The molecule has 0 aromatic heterocycles. The van der Waals surface area contributed by atoms with Crippen molar-refractivity contribution in [1.82, 2.24) is 5.32 Å². The van der Waals surface area contributed by atoms with Gasteiger partial charge in [0.15, 0.2) is 0 Å². The third-order valence-electron chi connectivity index (χ3n) is 3.35. The molecule has 1 aromatic rings. The van der Waals surface area contributed by atoms with E-state index in [1.165, 1.54) is 11.1 Å². The fourth-order valence-electron chi connectivity index (χ4n) is 2.13. The van der Waals surface area contributed by atoms with Gasteiger partial charge in [-0.2, -0.15) is 0 Å². The third-order valence-corrected chi connectivity index (χ3v) is 4.54. The zero-order chi connectivity index (χ0) is 14.8. The Hall–Kier alpha value is -0.580. The Kier molecular flexibility index (Phi) is 5.42. The molecule has 2 N–H and O–H groups in total. The highest BCUT2D eigenvalue weighted by atomic mass is 79.9. The number of nitrogens with one attached hydrogen (secondary N) is 1. The van der Waals surface area contributed by atoms with Gasteiger partial charge in [0, 0.05) is 23.1 Å². The lowest BCUT2D eigenvalue weighted by atomic mass is 9.98. The van der Waals surface area contributed by atoms with Gasteiger partial charge < -0.3 is 15.2 Å². The number of hydrogen-bond acceptors (Lipinski definition) is 3.